The lowest BCUT2D eigenvalue weighted by atomic mass is 10.1. The summed E-state index contributed by atoms with van der Waals surface area (Å²) < 4.78 is 26.5. The van der Waals surface area contributed by atoms with Crippen LogP contribution in [0.1, 0.15) is 21.5 Å². The number of benzene rings is 2. The van der Waals surface area contributed by atoms with Gasteiger partial charge in [0, 0.05) is 23.4 Å². The molecule has 0 bridgehead atoms. The first-order chi connectivity index (χ1) is 11.1. The zero-order valence-electron chi connectivity index (χ0n) is 13.9. The largest absolute Gasteiger partial charge is 0.322 e. The van der Waals surface area contributed by atoms with Crippen LogP contribution >= 0.6 is 22.6 Å². The number of carbonyl (C=O) groups is 1. The number of aryl methyl sites for hydroxylation is 2. The molecule has 0 aliphatic rings. The highest BCUT2D eigenvalue weighted by atomic mass is 127. The highest BCUT2D eigenvalue weighted by Crippen LogP contribution is 2.24. The van der Waals surface area contributed by atoms with E-state index >= 15 is 0 Å². The van der Waals surface area contributed by atoms with Crippen molar-refractivity contribution in [3.8, 4) is 0 Å². The lowest BCUT2D eigenvalue weighted by molar-refractivity contribution is 0.102. The van der Waals surface area contributed by atoms with E-state index in [1.165, 1.54) is 26.2 Å². The predicted octanol–water partition coefficient (Wildman–Crippen LogP) is 3.41. The van der Waals surface area contributed by atoms with Crippen molar-refractivity contribution in [2.24, 2.45) is 0 Å². The van der Waals surface area contributed by atoms with Crippen LogP contribution in [0, 0.1) is 17.4 Å². The quantitative estimate of drug-likeness (QED) is 0.715. The van der Waals surface area contributed by atoms with E-state index in [0.717, 1.165) is 19.0 Å². The van der Waals surface area contributed by atoms with Crippen LogP contribution in [0.2, 0.25) is 0 Å². The predicted molar refractivity (Wildman–Crippen MR) is 104 cm³/mol. The first kappa shape index (κ1) is 18.9. The van der Waals surface area contributed by atoms with Gasteiger partial charge in [-0.2, -0.15) is 0 Å². The van der Waals surface area contributed by atoms with E-state index in [4.69, 9.17) is 0 Å². The maximum atomic E-state index is 12.6. The van der Waals surface area contributed by atoms with E-state index in [1.807, 2.05) is 26.0 Å². The third-order valence-electron chi connectivity index (χ3n) is 3.67. The number of sulfonamides is 1. The number of hydrogen-bond acceptors (Lipinski definition) is 3. The zero-order chi connectivity index (χ0) is 18.1. The normalized spacial score (nSPS) is 11.6. The van der Waals surface area contributed by atoms with Gasteiger partial charge in [-0.05, 0) is 65.8 Å². The maximum Gasteiger partial charge on any atom is 0.256 e. The SMILES string of the molecule is Cc1ccc(S(=O)(=O)N(C)C)cc1NC(=O)c1cccc(C)c1I. The van der Waals surface area contributed by atoms with Gasteiger partial charge < -0.3 is 5.32 Å². The summed E-state index contributed by atoms with van der Waals surface area (Å²) in [6.45, 7) is 3.76. The molecule has 24 heavy (non-hydrogen) atoms. The van der Waals surface area contributed by atoms with Crippen LogP contribution < -0.4 is 5.32 Å². The first-order valence-corrected chi connectivity index (χ1v) is 9.76. The van der Waals surface area contributed by atoms with Crippen LogP contribution in [0.4, 0.5) is 5.69 Å². The third-order valence-corrected chi connectivity index (χ3v) is 6.92. The Kier molecular flexibility index (Phi) is 5.67. The Balaban J connectivity index is 2.40. The van der Waals surface area contributed by atoms with E-state index in [2.05, 4.69) is 27.9 Å². The molecule has 1 N–H and O–H groups in total. The number of nitrogens with one attached hydrogen (secondary N) is 1. The van der Waals surface area contributed by atoms with E-state index in [1.54, 1.807) is 12.1 Å². The molecule has 0 radical (unpaired) electrons. The Bertz CT molecular complexity index is 893. The molecule has 2 aromatic rings. The number of carbonyl (C=O) groups excluding carboxylic acids is 1. The van der Waals surface area contributed by atoms with Crippen LogP contribution in [0.15, 0.2) is 41.3 Å². The number of hydrogen-bond donors (Lipinski definition) is 1. The van der Waals surface area contributed by atoms with E-state index < -0.39 is 10.0 Å². The van der Waals surface area contributed by atoms with Crippen LogP contribution in [0.25, 0.3) is 0 Å². The van der Waals surface area contributed by atoms with Crippen molar-refractivity contribution in [2.75, 3.05) is 19.4 Å². The van der Waals surface area contributed by atoms with Gasteiger partial charge in [0.15, 0.2) is 0 Å². The van der Waals surface area contributed by atoms with Crippen molar-refractivity contribution >= 4 is 44.2 Å². The molecule has 2 aromatic carbocycles. The molecule has 2 rings (SSSR count). The summed E-state index contributed by atoms with van der Waals surface area (Å²) in [5, 5.41) is 2.82. The van der Waals surface area contributed by atoms with Gasteiger partial charge in [-0.3, -0.25) is 4.79 Å². The minimum atomic E-state index is -3.55. The monoisotopic (exact) mass is 458 g/mol. The van der Waals surface area contributed by atoms with Crippen molar-refractivity contribution in [3.05, 3.63) is 56.7 Å². The average Bonchev–Trinajstić information content (AvgIpc) is 2.51. The Morgan fingerprint density at radius 1 is 1.08 bits per heavy atom. The molecule has 0 spiro atoms. The summed E-state index contributed by atoms with van der Waals surface area (Å²) in [4.78, 5) is 12.7. The highest BCUT2D eigenvalue weighted by molar-refractivity contribution is 14.1. The van der Waals surface area contributed by atoms with Crippen molar-refractivity contribution in [2.45, 2.75) is 18.7 Å². The van der Waals surface area contributed by atoms with Crippen molar-refractivity contribution in [1.29, 1.82) is 0 Å². The molecule has 0 aliphatic heterocycles. The number of nitrogens with zero attached hydrogens (tertiary/aromatic N) is 1. The van der Waals surface area contributed by atoms with Gasteiger partial charge in [-0.15, -0.1) is 0 Å². The molecule has 0 saturated heterocycles. The fourth-order valence-corrected chi connectivity index (χ4v) is 3.65. The second-order valence-corrected chi connectivity index (χ2v) is 8.89. The lowest BCUT2D eigenvalue weighted by Crippen LogP contribution is -2.22. The number of amides is 1. The smallest absolute Gasteiger partial charge is 0.256 e. The number of halogens is 1. The minimum absolute atomic E-state index is 0.146. The van der Waals surface area contributed by atoms with E-state index in [9.17, 15) is 13.2 Å². The van der Waals surface area contributed by atoms with Crippen molar-refractivity contribution < 1.29 is 13.2 Å². The summed E-state index contributed by atoms with van der Waals surface area (Å²) in [7, 11) is -0.601. The summed E-state index contributed by atoms with van der Waals surface area (Å²) in [6.07, 6.45) is 0. The molecule has 0 aromatic heterocycles. The van der Waals surface area contributed by atoms with Gasteiger partial charge in [-0.1, -0.05) is 18.2 Å². The van der Waals surface area contributed by atoms with E-state index in [0.29, 0.717) is 11.3 Å². The van der Waals surface area contributed by atoms with Gasteiger partial charge in [0.05, 0.1) is 10.5 Å². The van der Waals surface area contributed by atoms with Gasteiger partial charge >= 0.3 is 0 Å². The molecule has 0 heterocycles. The third kappa shape index (κ3) is 3.79. The topological polar surface area (TPSA) is 66.5 Å². The molecule has 1 amide bonds. The zero-order valence-corrected chi connectivity index (χ0v) is 16.9. The second kappa shape index (κ2) is 7.20. The minimum Gasteiger partial charge on any atom is -0.322 e. The summed E-state index contributed by atoms with van der Waals surface area (Å²) >= 11 is 2.14. The Morgan fingerprint density at radius 3 is 2.38 bits per heavy atom. The molecule has 128 valence electrons. The van der Waals surface area contributed by atoms with Crippen LogP contribution in [-0.4, -0.2) is 32.7 Å². The van der Waals surface area contributed by atoms with Crippen LogP contribution in [0.3, 0.4) is 0 Å². The Labute approximate surface area is 156 Å². The van der Waals surface area contributed by atoms with Crippen molar-refractivity contribution in [3.63, 3.8) is 0 Å². The Morgan fingerprint density at radius 2 is 1.75 bits per heavy atom. The molecule has 5 nitrogen and oxygen atoms in total. The fraction of sp³-hybridized carbons (Fsp3) is 0.235. The molecule has 0 aliphatic carbocycles. The maximum absolute atomic E-state index is 12.6. The van der Waals surface area contributed by atoms with E-state index in [-0.39, 0.29) is 10.8 Å². The Hall–Kier alpha value is -1.45. The average molecular weight is 458 g/mol. The van der Waals surface area contributed by atoms with Crippen molar-refractivity contribution in [1.82, 2.24) is 4.31 Å². The lowest BCUT2D eigenvalue weighted by Gasteiger charge is -2.15. The first-order valence-electron chi connectivity index (χ1n) is 7.24. The molecular formula is C17H19IN2O3S. The van der Waals surface area contributed by atoms with Crippen LogP contribution in [-0.2, 0) is 10.0 Å². The second-order valence-electron chi connectivity index (χ2n) is 5.65. The standard InChI is InChI=1S/C17H19IN2O3S/c1-11-8-9-13(24(22,23)20(3)4)10-15(11)19-17(21)14-7-5-6-12(2)16(14)18/h5-10H,1-4H3,(H,19,21). The molecule has 0 fully saturated rings. The summed E-state index contributed by atoms with van der Waals surface area (Å²) in [5.74, 6) is -0.259. The van der Waals surface area contributed by atoms with Gasteiger partial charge in [0.1, 0.15) is 0 Å². The molecule has 0 unspecified atom stereocenters. The van der Waals surface area contributed by atoms with Gasteiger partial charge in [0.25, 0.3) is 5.91 Å². The highest BCUT2D eigenvalue weighted by Gasteiger charge is 2.19. The van der Waals surface area contributed by atoms with Gasteiger partial charge in [0.2, 0.25) is 10.0 Å². The summed E-state index contributed by atoms with van der Waals surface area (Å²) in [6, 6.07) is 10.2. The number of anilines is 1. The molecule has 0 atom stereocenters. The molecular weight excluding hydrogens is 439 g/mol. The van der Waals surface area contributed by atoms with Gasteiger partial charge in [-0.25, -0.2) is 12.7 Å². The molecule has 7 heteroatoms. The number of rotatable bonds is 4. The molecule has 0 saturated carbocycles. The summed E-state index contributed by atoms with van der Waals surface area (Å²) in [5.41, 5.74) is 2.86. The fourth-order valence-electron chi connectivity index (χ4n) is 2.12. The van der Waals surface area contributed by atoms with Crippen LogP contribution in [0.5, 0.6) is 0 Å².